The largest absolute Gasteiger partial charge is 0.481 e. The van der Waals surface area contributed by atoms with Crippen molar-refractivity contribution in [1.29, 1.82) is 0 Å². The summed E-state index contributed by atoms with van der Waals surface area (Å²) < 4.78 is 10.1. The quantitative estimate of drug-likeness (QED) is 0.553. The normalized spacial score (nSPS) is 10.3. The molecule has 0 radical (unpaired) electrons. The van der Waals surface area contributed by atoms with Crippen molar-refractivity contribution in [2.24, 2.45) is 0 Å². The molecule has 2 heterocycles. The fourth-order valence-corrected chi connectivity index (χ4v) is 1.92. The van der Waals surface area contributed by atoms with Crippen LogP contribution in [-0.4, -0.2) is 23.0 Å². The van der Waals surface area contributed by atoms with E-state index in [1.54, 1.807) is 30.3 Å². The third kappa shape index (κ3) is 3.10. The number of methoxy groups -OCH3 is 1. The molecule has 1 aromatic carbocycles. The number of hydrogen-bond acceptors (Lipinski definition) is 7. The standard InChI is InChI=1S/C15H12N4O4/c1-22-12-6-7-16-15(17-12)19-18-13(20)10-8-9-4-2-3-5-11(9)23-14(10)21/h2-8H,1H3,(H,18,20)(H,16,17,19). The fourth-order valence-electron chi connectivity index (χ4n) is 1.92. The van der Waals surface area contributed by atoms with Crippen molar-refractivity contribution < 1.29 is 13.9 Å². The van der Waals surface area contributed by atoms with E-state index < -0.39 is 11.5 Å². The smallest absolute Gasteiger partial charge is 0.349 e. The highest BCUT2D eigenvalue weighted by Gasteiger charge is 2.13. The van der Waals surface area contributed by atoms with Gasteiger partial charge in [0.05, 0.1) is 7.11 Å². The molecule has 0 fully saturated rings. The van der Waals surface area contributed by atoms with Crippen LogP contribution < -0.4 is 21.2 Å². The second-order valence-corrected chi connectivity index (χ2v) is 4.49. The van der Waals surface area contributed by atoms with Crippen LogP contribution in [0.3, 0.4) is 0 Å². The van der Waals surface area contributed by atoms with Crippen LogP contribution in [0.25, 0.3) is 11.0 Å². The van der Waals surface area contributed by atoms with Crippen molar-refractivity contribution in [3.05, 3.63) is 58.6 Å². The van der Waals surface area contributed by atoms with Gasteiger partial charge in [0.2, 0.25) is 11.8 Å². The summed E-state index contributed by atoms with van der Waals surface area (Å²) in [7, 11) is 1.46. The molecule has 3 aromatic rings. The average molecular weight is 312 g/mol. The minimum Gasteiger partial charge on any atom is -0.481 e. The molecule has 3 rings (SSSR count). The maximum absolute atomic E-state index is 12.1. The molecule has 23 heavy (non-hydrogen) atoms. The molecule has 0 unspecified atom stereocenters. The first-order valence-corrected chi connectivity index (χ1v) is 6.63. The number of anilines is 1. The van der Waals surface area contributed by atoms with Gasteiger partial charge < -0.3 is 9.15 Å². The Morgan fingerprint density at radius 1 is 1.26 bits per heavy atom. The molecule has 2 N–H and O–H groups in total. The summed E-state index contributed by atoms with van der Waals surface area (Å²) in [4.78, 5) is 31.9. The summed E-state index contributed by atoms with van der Waals surface area (Å²) in [5.41, 5.74) is 4.42. The van der Waals surface area contributed by atoms with Crippen LogP contribution in [0.5, 0.6) is 5.88 Å². The highest BCUT2D eigenvalue weighted by molar-refractivity contribution is 5.97. The van der Waals surface area contributed by atoms with Gasteiger partial charge in [-0.1, -0.05) is 18.2 Å². The minimum absolute atomic E-state index is 0.126. The number of carbonyl (C=O) groups is 1. The molecule has 0 saturated heterocycles. The summed E-state index contributed by atoms with van der Waals surface area (Å²) in [5.74, 6) is -0.194. The van der Waals surface area contributed by atoms with Gasteiger partial charge in [-0.25, -0.2) is 9.78 Å². The third-order valence-electron chi connectivity index (χ3n) is 3.01. The molecule has 0 saturated carbocycles. The second kappa shape index (κ2) is 6.14. The maximum atomic E-state index is 12.1. The summed E-state index contributed by atoms with van der Waals surface area (Å²) in [6, 6.07) is 9.95. The van der Waals surface area contributed by atoms with E-state index in [0.29, 0.717) is 16.8 Å². The van der Waals surface area contributed by atoms with Crippen LogP contribution in [0, 0.1) is 0 Å². The highest BCUT2D eigenvalue weighted by Crippen LogP contribution is 2.12. The van der Waals surface area contributed by atoms with Crippen molar-refractivity contribution >= 4 is 22.8 Å². The van der Waals surface area contributed by atoms with Gasteiger partial charge in [0.15, 0.2) is 0 Å². The summed E-state index contributed by atoms with van der Waals surface area (Å²) >= 11 is 0. The Bertz CT molecular complexity index is 922. The van der Waals surface area contributed by atoms with E-state index in [1.807, 2.05) is 0 Å². The zero-order chi connectivity index (χ0) is 16.2. The molecule has 116 valence electrons. The number of fused-ring (bicyclic) bond motifs is 1. The molecule has 8 heteroatoms. The predicted molar refractivity (Wildman–Crippen MR) is 82.2 cm³/mol. The zero-order valence-electron chi connectivity index (χ0n) is 12.1. The van der Waals surface area contributed by atoms with E-state index in [9.17, 15) is 9.59 Å². The van der Waals surface area contributed by atoms with Crippen LogP contribution >= 0.6 is 0 Å². The Morgan fingerprint density at radius 2 is 2.09 bits per heavy atom. The highest BCUT2D eigenvalue weighted by atomic mass is 16.5. The number of aromatic nitrogens is 2. The lowest BCUT2D eigenvalue weighted by Gasteiger charge is -2.07. The van der Waals surface area contributed by atoms with E-state index in [1.165, 1.54) is 19.4 Å². The maximum Gasteiger partial charge on any atom is 0.349 e. The van der Waals surface area contributed by atoms with Gasteiger partial charge in [0.1, 0.15) is 11.1 Å². The molecule has 0 bridgehead atoms. The van der Waals surface area contributed by atoms with Gasteiger partial charge in [-0.2, -0.15) is 4.98 Å². The number of benzene rings is 1. The first-order valence-electron chi connectivity index (χ1n) is 6.63. The number of nitrogens with zero attached hydrogens (tertiary/aromatic N) is 2. The first-order chi connectivity index (χ1) is 11.2. The molecule has 1 amide bonds. The lowest BCUT2D eigenvalue weighted by molar-refractivity contribution is 0.0958. The molecule has 2 aromatic heterocycles. The van der Waals surface area contributed by atoms with E-state index >= 15 is 0 Å². The summed E-state index contributed by atoms with van der Waals surface area (Å²) in [6.45, 7) is 0. The Kier molecular flexibility index (Phi) is 3.88. The number of ether oxygens (including phenoxy) is 1. The van der Waals surface area contributed by atoms with E-state index in [-0.39, 0.29) is 11.5 Å². The molecular weight excluding hydrogens is 300 g/mol. The topological polar surface area (TPSA) is 106 Å². The van der Waals surface area contributed by atoms with Crippen LogP contribution in [0.15, 0.2) is 51.8 Å². The number of para-hydroxylation sites is 1. The van der Waals surface area contributed by atoms with E-state index in [4.69, 9.17) is 9.15 Å². The molecule has 0 aliphatic carbocycles. The Hall–Kier alpha value is -3.42. The minimum atomic E-state index is -0.727. The Labute approximate surface area is 130 Å². The van der Waals surface area contributed by atoms with Crippen molar-refractivity contribution in [3.63, 3.8) is 0 Å². The molecule has 0 aliphatic heterocycles. The van der Waals surface area contributed by atoms with Gasteiger partial charge in [-0.15, -0.1) is 0 Å². The monoisotopic (exact) mass is 312 g/mol. The van der Waals surface area contributed by atoms with E-state index in [0.717, 1.165) is 0 Å². The molecular formula is C15H12N4O4. The van der Waals surface area contributed by atoms with Crippen LogP contribution in [0.2, 0.25) is 0 Å². The van der Waals surface area contributed by atoms with Crippen molar-refractivity contribution in [2.45, 2.75) is 0 Å². The van der Waals surface area contributed by atoms with Crippen molar-refractivity contribution in [3.8, 4) is 5.88 Å². The first kappa shape index (κ1) is 14.5. The Morgan fingerprint density at radius 3 is 2.91 bits per heavy atom. The van der Waals surface area contributed by atoms with Gasteiger partial charge in [0, 0.05) is 17.6 Å². The van der Waals surface area contributed by atoms with Crippen LogP contribution in [0.1, 0.15) is 10.4 Å². The SMILES string of the molecule is COc1ccnc(NNC(=O)c2cc3ccccc3oc2=O)n1. The number of rotatable bonds is 4. The number of hydrogen-bond donors (Lipinski definition) is 2. The van der Waals surface area contributed by atoms with Gasteiger partial charge >= 0.3 is 5.63 Å². The third-order valence-corrected chi connectivity index (χ3v) is 3.01. The summed E-state index contributed by atoms with van der Waals surface area (Å²) in [6.07, 6.45) is 1.46. The lowest BCUT2D eigenvalue weighted by atomic mass is 10.2. The van der Waals surface area contributed by atoms with Crippen LogP contribution in [0.4, 0.5) is 5.95 Å². The van der Waals surface area contributed by atoms with Crippen molar-refractivity contribution in [2.75, 3.05) is 12.5 Å². The van der Waals surface area contributed by atoms with Gasteiger partial charge in [0.25, 0.3) is 5.91 Å². The van der Waals surface area contributed by atoms with Gasteiger partial charge in [-0.3, -0.25) is 15.6 Å². The zero-order valence-corrected chi connectivity index (χ0v) is 12.1. The number of amides is 1. The van der Waals surface area contributed by atoms with Crippen LogP contribution in [-0.2, 0) is 0 Å². The Balaban J connectivity index is 1.80. The number of hydrazine groups is 1. The lowest BCUT2D eigenvalue weighted by Crippen LogP contribution is -2.33. The number of carbonyl (C=O) groups excluding carboxylic acids is 1. The molecule has 0 aliphatic rings. The average Bonchev–Trinajstić information content (AvgIpc) is 2.59. The summed E-state index contributed by atoms with van der Waals surface area (Å²) in [5, 5.41) is 0.648. The van der Waals surface area contributed by atoms with Gasteiger partial charge in [-0.05, 0) is 12.1 Å². The number of nitrogens with one attached hydrogen (secondary N) is 2. The molecule has 0 spiro atoms. The molecule has 8 nitrogen and oxygen atoms in total. The second-order valence-electron chi connectivity index (χ2n) is 4.49. The molecule has 0 atom stereocenters. The predicted octanol–water partition coefficient (Wildman–Crippen LogP) is 1.35. The van der Waals surface area contributed by atoms with Crippen molar-refractivity contribution in [1.82, 2.24) is 15.4 Å². The fraction of sp³-hybridized carbons (Fsp3) is 0.0667. The van der Waals surface area contributed by atoms with E-state index in [2.05, 4.69) is 20.8 Å².